The zero-order chi connectivity index (χ0) is 21.6. The Morgan fingerprint density at radius 1 is 1.24 bits per heavy atom. The molecule has 0 radical (unpaired) electrons. The summed E-state index contributed by atoms with van der Waals surface area (Å²) < 4.78 is 32.0. The molecule has 1 aromatic heterocycles. The number of carbonyl (C=O) groups is 2. The minimum atomic E-state index is -2.75. The van der Waals surface area contributed by atoms with Gasteiger partial charge in [-0.2, -0.15) is 8.78 Å². The first kappa shape index (κ1) is 22.3. The van der Waals surface area contributed by atoms with Crippen molar-refractivity contribution in [2.45, 2.75) is 51.9 Å². The third kappa shape index (κ3) is 6.85. The number of carbonyl (C=O) groups excluding carboxylic acids is 2. The minimum absolute atomic E-state index is 0.0478. The van der Waals surface area contributed by atoms with Crippen LogP contribution in [-0.2, 0) is 22.5 Å². The van der Waals surface area contributed by atoms with Crippen LogP contribution in [0.4, 0.5) is 13.6 Å². The zero-order valence-corrected chi connectivity index (χ0v) is 16.9. The Morgan fingerprint density at radius 3 is 2.48 bits per heavy atom. The fourth-order valence-corrected chi connectivity index (χ4v) is 2.70. The summed E-state index contributed by atoms with van der Waals surface area (Å²) in [5, 5.41) is 2.59. The molecule has 0 spiro atoms. The summed E-state index contributed by atoms with van der Waals surface area (Å²) in [7, 11) is 1.47. The summed E-state index contributed by atoms with van der Waals surface area (Å²) in [5.41, 5.74) is 0.114. The highest BCUT2D eigenvalue weighted by molar-refractivity contribution is 5.85. The van der Waals surface area contributed by atoms with Crippen molar-refractivity contribution in [1.29, 1.82) is 0 Å². The van der Waals surface area contributed by atoms with Crippen LogP contribution in [0.15, 0.2) is 42.7 Å². The van der Waals surface area contributed by atoms with E-state index in [-0.39, 0.29) is 18.8 Å². The summed E-state index contributed by atoms with van der Waals surface area (Å²) in [4.78, 5) is 30.4. The van der Waals surface area contributed by atoms with E-state index >= 15 is 0 Å². The van der Waals surface area contributed by atoms with E-state index in [0.717, 1.165) is 11.8 Å². The first-order valence-electron chi connectivity index (χ1n) is 9.15. The van der Waals surface area contributed by atoms with Crippen molar-refractivity contribution in [3.05, 3.63) is 54.1 Å². The lowest BCUT2D eigenvalue weighted by atomic mass is 10.0. The van der Waals surface area contributed by atoms with Gasteiger partial charge in [-0.3, -0.25) is 9.36 Å². The second kappa shape index (κ2) is 9.49. The summed E-state index contributed by atoms with van der Waals surface area (Å²) in [6, 6.07) is 8.24. The lowest BCUT2D eigenvalue weighted by Gasteiger charge is -2.26. The van der Waals surface area contributed by atoms with Crippen molar-refractivity contribution in [1.82, 2.24) is 19.8 Å². The number of hydrogen-bond acceptors (Lipinski definition) is 4. The Hall–Kier alpha value is -2.97. The fourth-order valence-electron chi connectivity index (χ4n) is 2.70. The summed E-state index contributed by atoms with van der Waals surface area (Å²) in [6.45, 7) is 2.28. The number of aromatic nitrogens is 2. The molecular weight excluding hydrogens is 382 g/mol. The number of hydrogen-bond donors (Lipinski definition) is 1. The minimum Gasteiger partial charge on any atom is -0.444 e. The monoisotopic (exact) mass is 408 g/mol. The Bertz CT molecular complexity index is 819. The predicted molar refractivity (Wildman–Crippen MR) is 103 cm³/mol. The van der Waals surface area contributed by atoms with Crippen LogP contribution in [0.2, 0.25) is 0 Å². The third-order valence-electron chi connectivity index (χ3n) is 3.99. The molecule has 158 valence electrons. The SMILES string of the molecule is CN(Cc1nccn1C(F)F)C(=O)C(Cc1ccccc1)NC(=O)OC(C)(C)C. The molecule has 2 rings (SSSR count). The Balaban J connectivity index is 2.15. The quantitative estimate of drug-likeness (QED) is 0.762. The molecule has 1 heterocycles. The van der Waals surface area contributed by atoms with Gasteiger partial charge in [0.2, 0.25) is 5.91 Å². The van der Waals surface area contributed by atoms with Gasteiger partial charge in [-0.1, -0.05) is 30.3 Å². The summed E-state index contributed by atoms with van der Waals surface area (Å²) in [5.74, 6) is -0.393. The van der Waals surface area contributed by atoms with Gasteiger partial charge in [0.15, 0.2) is 0 Å². The normalized spacial score (nSPS) is 12.5. The number of alkyl carbamates (subject to hydrolysis) is 1. The molecule has 7 nitrogen and oxygen atoms in total. The van der Waals surface area contributed by atoms with Gasteiger partial charge in [-0.25, -0.2) is 9.78 Å². The number of alkyl halides is 2. The van der Waals surface area contributed by atoms with E-state index < -0.39 is 30.2 Å². The van der Waals surface area contributed by atoms with Crippen LogP contribution in [0.1, 0.15) is 38.7 Å². The number of rotatable bonds is 7. The lowest BCUT2D eigenvalue weighted by Crippen LogP contribution is -2.49. The maximum atomic E-state index is 13.0. The van der Waals surface area contributed by atoms with Crippen molar-refractivity contribution in [3.8, 4) is 0 Å². The molecule has 1 unspecified atom stereocenters. The van der Waals surface area contributed by atoms with Gasteiger partial charge in [0.25, 0.3) is 0 Å². The first-order chi connectivity index (χ1) is 13.6. The maximum Gasteiger partial charge on any atom is 0.408 e. The highest BCUT2D eigenvalue weighted by Crippen LogP contribution is 2.15. The fraction of sp³-hybridized carbons (Fsp3) is 0.450. The third-order valence-corrected chi connectivity index (χ3v) is 3.99. The number of halogens is 2. The summed E-state index contributed by atoms with van der Waals surface area (Å²) >= 11 is 0. The molecule has 0 bridgehead atoms. The predicted octanol–water partition coefficient (Wildman–Crippen LogP) is 3.37. The largest absolute Gasteiger partial charge is 0.444 e. The molecule has 0 aliphatic heterocycles. The molecule has 1 aromatic carbocycles. The highest BCUT2D eigenvalue weighted by atomic mass is 19.3. The molecule has 29 heavy (non-hydrogen) atoms. The van der Waals surface area contributed by atoms with Gasteiger partial charge in [0.1, 0.15) is 17.5 Å². The molecule has 9 heteroatoms. The number of nitrogens with one attached hydrogen (secondary N) is 1. The van der Waals surface area contributed by atoms with Crippen LogP contribution in [0.25, 0.3) is 0 Å². The molecular formula is C20H26F2N4O3. The van der Waals surface area contributed by atoms with Crippen LogP contribution < -0.4 is 5.32 Å². The number of ether oxygens (including phenoxy) is 1. The topological polar surface area (TPSA) is 76.5 Å². The van der Waals surface area contributed by atoms with Gasteiger partial charge in [0.05, 0.1) is 6.54 Å². The molecule has 0 aliphatic rings. The molecule has 0 saturated heterocycles. The molecule has 2 aromatic rings. The Morgan fingerprint density at radius 2 is 1.90 bits per heavy atom. The van der Waals surface area contributed by atoms with Crippen LogP contribution in [-0.4, -0.2) is 45.1 Å². The van der Waals surface area contributed by atoms with Gasteiger partial charge < -0.3 is 15.0 Å². The van der Waals surface area contributed by atoms with Crippen molar-refractivity contribution in [2.24, 2.45) is 0 Å². The van der Waals surface area contributed by atoms with Crippen molar-refractivity contribution in [2.75, 3.05) is 7.05 Å². The van der Waals surface area contributed by atoms with Crippen LogP contribution >= 0.6 is 0 Å². The average Bonchev–Trinajstić information content (AvgIpc) is 3.08. The van der Waals surface area contributed by atoms with Crippen molar-refractivity contribution < 1.29 is 23.1 Å². The number of imidazole rings is 1. The van der Waals surface area contributed by atoms with Gasteiger partial charge in [0, 0.05) is 25.9 Å². The Kier molecular flexibility index (Phi) is 7.30. The Labute approximate surface area is 168 Å². The van der Waals surface area contributed by atoms with Gasteiger partial charge >= 0.3 is 12.6 Å². The van der Waals surface area contributed by atoms with E-state index in [1.807, 2.05) is 30.3 Å². The number of likely N-dealkylation sites (N-methyl/N-ethyl adjacent to an activating group) is 1. The second-order valence-corrected chi connectivity index (χ2v) is 7.61. The van der Waals surface area contributed by atoms with Crippen molar-refractivity contribution >= 4 is 12.0 Å². The van der Waals surface area contributed by atoms with Gasteiger partial charge in [-0.05, 0) is 26.3 Å². The van der Waals surface area contributed by atoms with Crippen LogP contribution in [0.5, 0.6) is 0 Å². The van der Waals surface area contributed by atoms with E-state index in [1.54, 1.807) is 20.8 Å². The van der Waals surface area contributed by atoms with E-state index in [9.17, 15) is 18.4 Å². The maximum absolute atomic E-state index is 13.0. The van der Waals surface area contributed by atoms with Crippen molar-refractivity contribution in [3.63, 3.8) is 0 Å². The number of amides is 2. The number of benzene rings is 1. The molecule has 2 amide bonds. The second-order valence-electron chi connectivity index (χ2n) is 7.61. The first-order valence-corrected chi connectivity index (χ1v) is 9.15. The lowest BCUT2D eigenvalue weighted by molar-refractivity contribution is -0.132. The van der Waals surface area contributed by atoms with E-state index in [1.165, 1.54) is 18.1 Å². The van der Waals surface area contributed by atoms with E-state index in [2.05, 4.69) is 10.3 Å². The number of nitrogens with zero attached hydrogens (tertiary/aromatic N) is 3. The molecule has 0 saturated carbocycles. The molecule has 0 aliphatic carbocycles. The van der Waals surface area contributed by atoms with Gasteiger partial charge in [-0.15, -0.1) is 0 Å². The molecule has 0 fully saturated rings. The van der Waals surface area contributed by atoms with E-state index in [0.29, 0.717) is 4.57 Å². The smallest absolute Gasteiger partial charge is 0.408 e. The van der Waals surface area contributed by atoms with Crippen LogP contribution in [0, 0.1) is 0 Å². The van der Waals surface area contributed by atoms with Crippen LogP contribution in [0.3, 0.4) is 0 Å². The molecule has 1 atom stereocenters. The zero-order valence-electron chi connectivity index (χ0n) is 16.9. The standard InChI is InChI=1S/C20H26F2N4O3/c1-20(2,3)29-19(28)24-15(12-14-8-6-5-7-9-14)17(27)25(4)13-16-23-10-11-26(16)18(21)22/h5-11,15,18H,12-13H2,1-4H3,(H,24,28). The molecule has 1 N–H and O–H groups in total. The summed E-state index contributed by atoms with van der Waals surface area (Å²) in [6.07, 6.45) is 1.90. The highest BCUT2D eigenvalue weighted by Gasteiger charge is 2.28. The van der Waals surface area contributed by atoms with E-state index in [4.69, 9.17) is 4.74 Å². The average molecular weight is 408 g/mol.